The van der Waals surface area contributed by atoms with Crippen molar-refractivity contribution in [2.24, 2.45) is 5.92 Å². The third-order valence-corrected chi connectivity index (χ3v) is 6.18. The smallest absolute Gasteiger partial charge is 0.214 e. The highest BCUT2D eigenvalue weighted by Crippen LogP contribution is 2.25. The lowest BCUT2D eigenvalue weighted by Gasteiger charge is -2.29. The molecule has 0 amide bonds. The standard InChI is InChI=1S/C16H27N3O2S/c1-12(2)22(20,21)19-15-8-6-13(7-9-15)11-18-16-5-3-4-14(17)10-16/h3-5,10,12-13,15,18-19H,6-9,11,17H2,1-2H3. The van der Waals surface area contributed by atoms with Crippen LogP contribution in [0.25, 0.3) is 0 Å². The molecular weight excluding hydrogens is 298 g/mol. The van der Waals surface area contributed by atoms with Crippen LogP contribution in [-0.4, -0.2) is 26.3 Å². The fourth-order valence-corrected chi connectivity index (χ4v) is 3.74. The molecule has 0 spiro atoms. The predicted molar refractivity (Wildman–Crippen MR) is 92.3 cm³/mol. The molecule has 0 atom stereocenters. The highest BCUT2D eigenvalue weighted by Gasteiger charge is 2.26. The Balaban J connectivity index is 1.76. The second kappa shape index (κ2) is 7.33. The number of nitrogens with two attached hydrogens (primary N) is 1. The average Bonchev–Trinajstić information content (AvgIpc) is 2.46. The lowest BCUT2D eigenvalue weighted by atomic mass is 9.86. The van der Waals surface area contributed by atoms with Crippen molar-refractivity contribution >= 4 is 21.4 Å². The fourth-order valence-electron chi connectivity index (χ4n) is 2.76. The molecule has 0 bridgehead atoms. The zero-order valence-corrected chi connectivity index (χ0v) is 14.2. The summed E-state index contributed by atoms with van der Waals surface area (Å²) in [6, 6.07) is 7.85. The van der Waals surface area contributed by atoms with Crippen molar-refractivity contribution in [3.05, 3.63) is 24.3 Å². The van der Waals surface area contributed by atoms with Gasteiger partial charge in [-0.15, -0.1) is 0 Å². The molecule has 0 radical (unpaired) electrons. The van der Waals surface area contributed by atoms with E-state index in [0.29, 0.717) is 5.92 Å². The van der Waals surface area contributed by atoms with Crippen molar-refractivity contribution in [2.45, 2.75) is 50.8 Å². The quantitative estimate of drug-likeness (QED) is 0.702. The van der Waals surface area contributed by atoms with Crippen LogP contribution in [0, 0.1) is 5.92 Å². The zero-order chi connectivity index (χ0) is 16.2. The Bertz CT molecular complexity index is 579. The van der Waals surface area contributed by atoms with Crippen LogP contribution in [0.1, 0.15) is 39.5 Å². The van der Waals surface area contributed by atoms with Crippen LogP contribution in [0.15, 0.2) is 24.3 Å². The first-order valence-corrected chi connectivity index (χ1v) is 9.52. The highest BCUT2D eigenvalue weighted by atomic mass is 32.2. The summed E-state index contributed by atoms with van der Waals surface area (Å²) >= 11 is 0. The Morgan fingerprint density at radius 2 is 1.91 bits per heavy atom. The highest BCUT2D eigenvalue weighted by molar-refractivity contribution is 7.90. The van der Waals surface area contributed by atoms with Crippen LogP contribution < -0.4 is 15.8 Å². The van der Waals surface area contributed by atoms with E-state index in [-0.39, 0.29) is 11.3 Å². The minimum Gasteiger partial charge on any atom is -0.399 e. The van der Waals surface area contributed by atoms with Crippen LogP contribution in [-0.2, 0) is 10.0 Å². The van der Waals surface area contributed by atoms with Crippen molar-refractivity contribution in [1.29, 1.82) is 0 Å². The molecule has 1 aromatic rings. The maximum atomic E-state index is 11.9. The molecule has 22 heavy (non-hydrogen) atoms. The van der Waals surface area contributed by atoms with Crippen LogP contribution in [0.3, 0.4) is 0 Å². The van der Waals surface area contributed by atoms with Gasteiger partial charge in [-0.05, 0) is 63.6 Å². The van der Waals surface area contributed by atoms with E-state index in [1.807, 2.05) is 24.3 Å². The number of hydrogen-bond donors (Lipinski definition) is 3. The van der Waals surface area contributed by atoms with E-state index < -0.39 is 10.0 Å². The van der Waals surface area contributed by atoms with Gasteiger partial charge in [0.1, 0.15) is 0 Å². The Morgan fingerprint density at radius 1 is 1.23 bits per heavy atom. The van der Waals surface area contributed by atoms with Crippen molar-refractivity contribution in [1.82, 2.24) is 4.72 Å². The largest absolute Gasteiger partial charge is 0.399 e. The Kier molecular flexibility index (Phi) is 5.69. The molecule has 4 N–H and O–H groups in total. The third-order valence-electron chi connectivity index (χ3n) is 4.28. The van der Waals surface area contributed by atoms with Crippen LogP contribution in [0.2, 0.25) is 0 Å². The molecule has 1 aliphatic rings. The van der Waals surface area contributed by atoms with Gasteiger partial charge in [0.2, 0.25) is 10.0 Å². The molecule has 2 rings (SSSR count). The first-order chi connectivity index (χ1) is 10.4. The summed E-state index contributed by atoms with van der Waals surface area (Å²) in [6.45, 7) is 4.33. The summed E-state index contributed by atoms with van der Waals surface area (Å²) < 4.78 is 26.6. The minimum absolute atomic E-state index is 0.0935. The summed E-state index contributed by atoms with van der Waals surface area (Å²) in [7, 11) is -3.15. The summed E-state index contributed by atoms with van der Waals surface area (Å²) in [5.41, 5.74) is 7.57. The van der Waals surface area contributed by atoms with Gasteiger partial charge in [0, 0.05) is 24.0 Å². The molecular formula is C16H27N3O2S. The van der Waals surface area contributed by atoms with Crippen molar-refractivity contribution < 1.29 is 8.42 Å². The van der Waals surface area contributed by atoms with Gasteiger partial charge in [0.05, 0.1) is 5.25 Å². The van der Waals surface area contributed by atoms with E-state index in [9.17, 15) is 8.42 Å². The number of anilines is 2. The number of hydrogen-bond acceptors (Lipinski definition) is 4. The van der Waals surface area contributed by atoms with Crippen molar-refractivity contribution in [3.8, 4) is 0 Å². The second-order valence-corrected chi connectivity index (χ2v) is 8.70. The van der Waals surface area contributed by atoms with Gasteiger partial charge in [-0.25, -0.2) is 13.1 Å². The number of nitrogen functional groups attached to an aromatic ring is 1. The lowest BCUT2D eigenvalue weighted by molar-refractivity contribution is 0.323. The number of rotatable bonds is 6. The van der Waals surface area contributed by atoms with E-state index in [4.69, 9.17) is 5.73 Å². The van der Waals surface area contributed by atoms with Crippen LogP contribution >= 0.6 is 0 Å². The van der Waals surface area contributed by atoms with Gasteiger partial charge in [0.15, 0.2) is 0 Å². The Hall–Kier alpha value is -1.27. The van der Waals surface area contributed by atoms with Gasteiger partial charge < -0.3 is 11.1 Å². The molecule has 0 heterocycles. The van der Waals surface area contributed by atoms with Crippen LogP contribution in [0.5, 0.6) is 0 Å². The number of nitrogens with one attached hydrogen (secondary N) is 2. The molecule has 1 aromatic carbocycles. The molecule has 0 aliphatic heterocycles. The summed E-state index contributed by atoms with van der Waals surface area (Å²) in [4.78, 5) is 0. The first-order valence-electron chi connectivity index (χ1n) is 7.97. The predicted octanol–water partition coefficient (Wildman–Crippen LogP) is 2.57. The van der Waals surface area contributed by atoms with Crippen LogP contribution in [0.4, 0.5) is 11.4 Å². The molecule has 0 unspecified atom stereocenters. The summed E-state index contributed by atoms with van der Waals surface area (Å²) in [6.07, 6.45) is 3.91. The molecule has 0 saturated heterocycles. The van der Waals surface area contributed by atoms with Crippen molar-refractivity contribution in [3.63, 3.8) is 0 Å². The average molecular weight is 325 g/mol. The van der Waals surface area contributed by atoms with Gasteiger partial charge >= 0.3 is 0 Å². The molecule has 0 aromatic heterocycles. The van der Waals surface area contributed by atoms with E-state index in [1.165, 1.54) is 0 Å². The van der Waals surface area contributed by atoms with E-state index in [1.54, 1.807) is 13.8 Å². The van der Waals surface area contributed by atoms with Crippen molar-refractivity contribution in [2.75, 3.05) is 17.6 Å². The molecule has 6 heteroatoms. The lowest BCUT2D eigenvalue weighted by Crippen LogP contribution is -2.41. The summed E-state index contributed by atoms with van der Waals surface area (Å²) in [5.74, 6) is 0.584. The maximum Gasteiger partial charge on any atom is 0.214 e. The molecule has 1 fully saturated rings. The topological polar surface area (TPSA) is 84.2 Å². The number of sulfonamides is 1. The molecule has 1 aliphatic carbocycles. The van der Waals surface area contributed by atoms with E-state index >= 15 is 0 Å². The summed E-state index contributed by atoms with van der Waals surface area (Å²) in [5, 5.41) is 3.05. The zero-order valence-electron chi connectivity index (χ0n) is 13.4. The normalized spacial score (nSPS) is 22.7. The van der Waals surface area contributed by atoms with Gasteiger partial charge in [-0.3, -0.25) is 0 Å². The maximum absolute atomic E-state index is 11.9. The third kappa shape index (κ3) is 4.88. The molecule has 124 valence electrons. The number of benzene rings is 1. The Morgan fingerprint density at radius 3 is 2.50 bits per heavy atom. The second-order valence-electron chi connectivity index (χ2n) is 6.44. The monoisotopic (exact) mass is 325 g/mol. The van der Waals surface area contributed by atoms with E-state index in [2.05, 4.69) is 10.0 Å². The molecule has 1 saturated carbocycles. The van der Waals surface area contributed by atoms with E-state index in [0.717, 1.165) is 43.6 Å². The Labute approximate surface area is 133 Å². The minimum atomic E-state index is -3.15. The molecule has 5 nitrogen and oxygen atoms in total. The van der Waals surface area contributed by atoms with Gasteiger partial charge in [-0.1, -0.05) is 6.07 Å². The first kappa shape index (κ1) is 17.1. The SMILES string of the molecule is CC(C)S(=O)(=O)NC1CCC(CNc2cccc(N)c2)CC1. The fraction of sp³-hybridized carbons (Fsp3) is 0.625. The van der Waals surface area contributed by atoms with Gasteiger partial charge in [-0.2, -0.15) is 0 Å². The van der Waals surface area contributed by atoms with Gasteiger partial charge in [0.25, 0.3) is 0 Å².